The van der Waals surface area contributed by atoms with E-state index in [1.165, 1.54) is 0 Å². The van der Waals surface area contributed by atoms with Crippen LogP contribution in [-0.2, 0) is 19.1 Å². The summed E-state index contributed by atoms with van der Waals surface area (Å²) < 4.78 is 11.8. The van der Waals surface area contributed by atoms with Crippen molar-refractivity contribution >= 4 is 35.7 Å². The van der Waals surface area contributed by atoms with Gasteiger partial charge in [0.1, 0.15) is 23.9 Å². The topological polar surface area (TPSA) is 224 Å². The summed E-state index contributed by atoms with van der Waals surface area (Å²) in [6.07, 6.45) is 6.36. The molecule has 0 radical (unpaired) electrons. The predicted molar refractivity (Wildman–Crippen MR) is 187 cm³/mol. The Kier molecular flexibility index (Phi) is 13.5. The van der Waals surface area contributed by atoms with E-state index >= 15 is 0 Å². The number of nitrogens with zero attached hydrogens (tertiary/aromatic N) is 4. The first-order valence-electron chi connectivity index (χ1n) is 18.7. The van der Waals surface area contributed by atoms with Crippen molar-refractivity contribution in [3.63, 3.8) is 0 Å². The fraction of sp³-hybridized carbons (Fsp3) is 0.824. The summed E-state index contributed by atoms with van der Waals surface area (Å²) in [5.74, 6) is -1.47. The molecular weight excluding hydrogens is 644 g/mol. The predicted octanol–water partition coefficient (Wildman–Crippen LogP) is 0.743. The minimum atomic E-state index is -0.606. The van der Waals surface area contributed by atoms with Gasteiger partial charge in [-0.25, -0.2) is 9.59 Å². The Morgan fingerprint density at radius 2 is 0.820 bits per heavy atom. The lowest BCUT2D eigenvalue weighted by Crippen LogP contribution is -2.55. The zero-order chi connectivity index (χ0) is 35.6. The van der Waals surface area contributed by atoms with Crippen LogP contribution in [0.3, 0.4) is 0 Å². The summed E-state index contributed by atoms with van der Waals surface area (Å²) in [5, 5.41) is 22.7. The highest BCUT2D eigenvalue weighted by atomic mass is 16.6. The Hall–Kier alpha value is -3.66. The largest absolute Gasteiger partial charge is 0.446 e. The Balaban J connectivity index is 0.993. The van der Waals surface area contributed by atoms with E-state index < -0.39 is 11.8 Å². The van der Waals surface area contributed by atoms with Crippen molar-refractivity contribution in [2.75, 3.05) is 78.5 Å². The van der Waals surface area contributed by atoms with E-state index in [0.29, 0.717) is 78.0 Å². The number of piperidine rings is 2. The van der Waals surface area contributed by atoms with Gasteiger partial charge in [0.25, 0.3) is 0 Å². The van der Waals surface area contributed by atoms with Crippen molar-refractivity contribution in [2.24, 2.45) is 35.1 Å². The molecule has 0 spiro atoms. The molecule has 50 heavy (non-hydrogen) atoms. The van der Waals surface area contributed by atoms with Gasteiger partial charge in [-0.05, 0) is 102 Å². The van der Waals surface area contributed by atoms with E-state index in [-0.39, 0.29) is 59.7 Å². The molecule has 4 heterocycles. The Bertz CT molecular complexity index is 1110. The zero-order valence-electron chi connectivity index (χ0n) is 29.4. The second-order valence-electron chi connectivity index (χ2n) is 14.5. The maximum absolute atomic E-state index is 13.3. The lowest BCUT2D eigenvalue weighted by Gasteiger charge is -2.38. The highest BCUT2D eigenvalue weighted by Gasteiger charge is 2.38. The number of carbonyl (C=O) groups excluding carboxylic acids is 4. The summed E-state index contributed by atoms with van der Waals surface area (Å²) >= 11 is 0. The van der Waals surface area contributed by atoms with Crippen molar-refractivity contribution < 1.29 is 28.7 Å². The molecule has 4 aliphatic heterocycles. The van der Waals surface area contributed by atoms with Crippen LogP contribution in [-0.4, -0.2) is 146 Å². The molecule has 1 aliphatic carbocycles. The second-order valence-corrected chi connectivity index (χ2v) is 14.5. The van der Waals surface area contributed by atoms with Crippen LogP contribution in [0.1, 0.15) is 64.2 Å². The SMILES string of the molecule is N=C(N)C(C(=O)N1CCN(C(=O)OC2CCCC(OC(=O)N3CCN(C(=O)C(C(=N)N)C4CCNCC4)CC3)CCC2)CC1)C1CCNCC1. The Labute approximate surface area is 295 Å². The zero-order valence-corrected chi connectivity index (χ0v) is 29.4. The molecule has 0 aromatic heterocycles. The van der Waals surface area contributed by atoms with Crippen LogP contribution in [0.25, 0.3) is 0 Å². The number of hydrogen-bond donors (Lipinski definition) is 6. The van der Waals surface area contributed by atoms with Crippen molar-refractivity contribution in [1.29, 1.82) is 10.8 Å². The molecule has 1 saturated carbocycles. The number of piperazine rings is 2. The molecule has 16 nitrogen and oxygen atoms in total. The minimum absolute atomic E-state index is 0.0658. The average molecular weight is 703 g/mol. The van der Waals surface area contributed by atoms with Gasteiger partial charge in [0.15, 0.2) is 0 Å². The van der Waals surface area contributed by atoms with E-state index in [0.717, 1.165) is 64.7 Å². The fourth-order valence-electron chi connectivity index (χ4n) is 8.25. The molecule has 2 unspecified atom stereocenters. The third-order valence-electron chi connectivity index (χ3n) is 11.3. The van der Waals surface area contributed by atoms with Gasteiger partial charge in [0.2, 0.25) is 11.8 Å². The highest BCUT2D eigenvalue weighted by molar-refractivity contribution is 6.02. The van der Waals surface area contributed by atoms with Crippen LogP contribution in [0, 0.1) is 34.5 Å². The van der Waals surface area contributed by atoms with Crippen LogP contribution >= 0.6 is 0 Å². The van der Waals surface area contributed by atoms with Crippen molar-refractivity contribution in [2.45, 2.75) is 76.4 Å². The summed E-state index contributed by atoms with van der Waals surface area (Å²) in [5.41, 5.74) is 11.8. The number of ether oxygens (including phenoxy) is 2. The van der Waals surface area contributed by atoms with Gasteiger partial charge >= 0.3 is 12.2 Å². The van der Waals surface area contributed by atoms with E-state index in [9.17, 15) is 19.2 Å². The number of amides is 4. The first-order valence-corrected chi connectivity index (χ1v) is 18.7. The molecule has 4 amide bonds. The molecule has 0 bridgehead atoms. The molecule has 8 N–H and O–H groups in total. The van der Waals surface area contributed by atoms with Gasteiger partial charge in [-0.1, -0.05) is 0 Å². The van der Waals surface area contributed by atoms with Gasteiger partial charge < -0.3 is 51.2 Å². The highest BCUT2D eigenvalue weighted by Crippen LogP contribution is 2.27. The molecule has 5 fully saturated rings. The van der Waals surface area contributed by atoms with Crippen LogP contribution < -0.4 is 22.1 Å². The summed E-state index contributed by atoms with van der Waals surface area (Å²) in [4.78, 5) is 59.5. The lowest BCUT2D eigenvalue weighted by molar-refractivity contribution is -0.137. The number of hydrogen-bond acceptors (Lipinski definition) is 10. The number of nitrogens with one attached hydrogen (secondary N) is 4. The number of nitrogens with two attached hydrogens (primary N) is 2. The first kappa shape index (κ1) is 37.6. The molecule has 16 heteroatoms. The van der Waals surface area contributed by atoms with Crippen molar-refractivity contribution in [3.05, 3.63) is 0 Å². The molecule has 2 atom stereocenters. The van der Waals surface area contributed by atoms with Crippen LogP contribution in [0.5, 0.6) is 0 Å². The molecule has 5 aliphatic rings. The number of rotatable bonds is 8. The Morgan fingerprint density at radius 1 is 0.520 bits per heavy atom. The van der Waals surface area contributed by atoms with Crippen LogP contribution in [0.2, 0.25) is 0 Å². The lowest BCUT2D eigenvalue weighted by atomic mass is 9.83. The molecule has 4 saturated heterocycles. The normalized spacial score (nSPS) is 25.8. The molecule has 280 valence electrons. The third kappa shape index (κ3) is 9.77. The van der Waals surface area contributed by atoms with E-state index in [4.69, 9.17) is 31.8 Å². The smallest absolute Gasteiger partial charge is 0.410 e. The van der Waals surface area contributed by atoms with Gasteiger partial charge in [0.05, 0.1) is 11.8 Å². The van der Waals surface area contributed by atoms with Crippen molar-refractivity contribution in [1.82, 2.24) is 30.2 Å². The summed E-state index contributed by atoms with van der Waals surface area (Å²) in [6, 6.07) is 0. The number of carbonyl (C=O) groups is 4. The maximum atomic E-state index is 13.3. The third-order valence-corrected chi connectivity index (χ3v) is 11.3. The van der Waals surface area contributed by atoms with E-state index in [2.05, 4.69) is 10.6 Å². The Morgan fingerprint density at radius 3 is 1.12 bits per heavy atom. The van der Waals surface area contributed by atoms with Gasteiger partial charge in [-0.2, -0.15) is 0 Å². The molecule has 0 aromatic rings. The van der Waals surface area contributed by atoms with Crippen LogP contribution in [0.15, 0.2) is 0 Å². The second kappa shape index (κ2) is 18.0. The number of amidine groups is 2. The minimum Gasteiger partial charge on any atom is -0.446 e. The fourth-order valence-corrected chi connectivity index (χ4v) is 8.25. The maximum Gasteiger partial charge on any atom is 0.410 e. The van der Waals surface area contributed by atoms with Gasteiger partial charge in [-0.15, -0.1) is 0 Å². The molecular formula is C34H58N10O6. The standard InChI is InChI=1S/C34H58N10O6/c35-29(36)27(23-7-11-39-12-8-23)31(45)41-15-19-43(20-16-41)33(47)49-25-3-1-4-26(6-2-5-25)50-34(48)44-21-17-42(18-22-44)32(46)28(30(37)38)24-9-13-40-14-10-24/h23-28,39-40H,1-22H2,(H3,35,36)(H3,37,38). The summed E-state index contributed by atoms with van der Waals surface area (Å²) in [7, 11) is 0. The van der Waals surface area contributed by atoms with Crippen LogP contribution in [0.4, 0.5) is 9.59 Å². The van der Waals surface area contributed by atoms with E-state index in [1.54, 1.807) is 19.6 Å². The quantitative estimate of drug-likeness (QED) is 0.154. The van der Waals surface area contributed by atoms with Gasteiger partial charge in [-0.3, -0.25) is 20.4 Å². The first-order chi connectivity index (χ1) is 24.1. The monoisotopic (exact) mass is 702 g/mol. The summed E-state index contributed by atoms with van der Waals surface area (Å²) in [6.45, 7) is 6.36. The van der Waals surface area contributed by atoms with E-state index in [1.807, 2.05) is 0 Å². The van der Waals surface area contributed by atoms with Gasteiger partial charge in [0, 0.05) is 52.4 Å². The molecule has 0 aromatic carbocycles. The molecule has 5 rings (SSSR count). The van der Waals surface area contributed by atoms with Crippen molar-refractivity contribution in [3.8, 4) is 0 Å². The average Bonchev–Trinajstić information content (AvgIpc) is 3.11.